The minimum Gasteiger partial charge on any atom is -0.460 e. The second kappa shape index (κ2) is 12.3. The third kappa shape index (κ3) is 8.19. The van der Waals surface area contributed by atoms with Crippen LogP contribution in [0, 0.1) is 0 Å². The van der Waals surface area contributed by atoms with Gasteiger partial charge < -0.3 is 25.2 Å². The Labute approximate surface area is 157 Å². The number of aliphatic hydroxyl groups excluding tert-OH is 1. The zero-order chi connectivity index (χ0) is 20.1. The van der Waals surface area contributed by atoms with E-state index in [0.29, 0.717) is 11.3 Å². The van der Waals surface area contributed by atoms with Crippen molar-refractivity contribution in [2.24, 2.45) is 0 Å². The number of aliphatic hydroxyl groups is 1. The second-order valence-electron chi connectivity index (χ2n) is 5.40. The average Bonchev–Trinajstić information content (AvgIpc) is 2.67. The molecule has 8 nitrogen and oxygen atoms in total. The van der Waals surface area contributed by atoms with E-state index in [0.717, 1.165) is 0 Å². The average molecular weight is 376 g/mol. The largest absolute Gasteiger partial charge is 0.460 e. The van der Waals surface area contributed by atoms with E-state index >= 15 is 0 Å². The quantitative estimate of drug-likeness (QED) is 0.402. The van der Waals surface area contributed by atoms with Gasteiger partial charge in [-0.05, 0) is 12.5 Å². The molecule has 0 unspecified atom stereocenters. The van der Waals surface area contributed by atoms with Crippen molar-refractivity contribution >= 4 is 23.7 Å². The molecule has 27 heavy (non-hydrogen) atoms. The van der Waals surface area contributed by atoms with Crippen LogP contribution in [0.2, 0.25) is 0 Å². The van der Waals surface area contributed by atoms with Crippen molar-refractivity contribution in [3.63, 3.8) is 0 Å². The van der Waals surface area contributed by atoms with Crippen molar-refractivity contribution < 1.29 is 29.0 Å². The van der Waals surface area contributed by atoms with Gasteiger partial charge in [-0.15, -0.1) is 0 Å². The number of anilines is 1. The van der Waals surface area contributed by atoms with Crippen molar-refractivity contribution in [2.45, 2.75) is 25.5 Å². The van der Waals surface area contributed by atoms with Gasteiger partial charge in [-0.2, -0.15) is 0 Å². The predicted octanol–water partition coefficient (Wildman–Crippen LogP) is 1.91. The van der Waals surface area contributed by atoms with Crippen molar-refractivity contribution in [3.05, 3.63) is 55.1 Å². The summed E-state index contributed by atoms with van der Waals surface area (Å²) in [5.74, 6) is -1.08. The normalized spacial score (nSPS) is 11.0. The van der Waals surface area contributed by atoms with Gasteiger partial charge in [-0.25, -0.2) is 9.59 Å². The lowest BCUT2D eigenvalue weighted by molar-refractivity contribution is -0.145. The summed E-state index contributed by atoms with van der Waals surface area (Å²) in [7, 11) is 0. The Morgan fingerprint density at radius 1 is 1.11 bits per heavy atom. The standard InChI is InChI=1S/C19H24N2O6/c1-3-11-26-18(24)16(21-19(25)27-12-4-2)9-10-17(23)20-15-8-6-5-7-14(15)13-22/h3-8,16,22H,1-2,9-13H2,(H,20,23)(H,21,25)/t16-/m0/s1. The van der Waals surface area contributed by atoms with E-state index in [2.05, 4.69) is 23.8 Å². The Hall–Kier alpha value is -3.13. The zero-order valence-electron chi connectivity index (χ0n) is 15.0. The molecule has 1 aromatic rings. The zero-order valence-corrected chi connectivity index (χ0v) is 15.0. The molecule has 0 saturated heterocycles. The molecule has 0 aliphatic rings. The lowest BCUT2D eigenvalue weighted by Crippen LogP contribution is -2.42. The molecule has 0 aromatic heterocycles. The van der Waals surface area contributed by atoms with Gasteiger partial charge in [0.05, 0.1) is 6.61 Å². The number of hydrogen-bond acceptors (Lipinski definition) is 6. The molecule has 3 N–H and O–H groups in total. The van der Waals surface area contributed by atoms with Crippen molar-refractivity contribution in [1.29, 1.82) is 0 Å². The van der Waals surface area contributed by atoms with Crippen LogP contribution in [0.15, 0.2) is 49.6 Å². The first-order chi connectivity index (χ1) is 13.0. The van der Waals surface area contributed by atoms with Crippen molar-refractivity contribution in [3.8, 4) is 0 Å². The van der Waals surface area contributed by atoms with Crippen LogP contribution in [-0.4, -0.2) is 42.3 Å². The van der Waals surface area contributed by atoms with Crippen LogP contribution in [0.5, 0.6) is 0 Å². The summed E-state index contributed by atoms with van der Waals surface area (Å²) in [4.78, 5) is 35.9. The number of benzene rings is 1. The highest BCUT2D eigenvalue weighted by molar-refractivity contribution is 5.92. The van der Waals surface area contributed by atoms with Crippen LogP contribution in [-0.2, 0) is 25.7 Å². The molecule has 0 radical (unpaired) electrons. The van der Waals surface area contributed by atoms with Crippen LogP contribution < -0.4 is 10.6 Å². The summed E-state index contributed by atoms with van der Waals surface area (Å²) >= 11 is 0. The third-order valence-electron chi connectivity index (χ3n) is 3.37. The van der Waals surface area contributed by atoms with Crippen LogP contribution in [0.25, 0.3) is 0 Å². The smallest absolute Gasteiger partial charge is 0.408 e. The van der Waals surface area contributed by atoms with E-state index in [1.54, 1.807) is 24.3 Å². The first-order valence-corrected chi connectivity index (χ1v) is 8.32. The molecule has 1 aromatic carbocycles. The molecule has 0 aliphatic heterocycles. The van der Waals surface area contributed by atoms with Gasteiger partial charge >= 0.3 is 12.1 Å². The maximum Gasteiger partial charge on any atom is 0.408 e. The second-order valence-corrected chi connectivity index (χ2v) is 5.40. The molecule has 0 saturated carbocycles. The molecule has 0 bridgehead atoms. The van der Waals surface area contributed by atoms with Gasteiger partial charge in [0.25, 0.3) is 0 Å². The van der Waals surface area contributed by atoms with E-state index in [1.807, 2.05) is 0 Å². The molecule has 0 aliphatic carbocycles. The fraction of sp³-hybridized carbons (Fsp3) is 0.316. The van der Waals surface area contributed by atoms with Crippen molar-refractivity contribution in [2.75, 3.05) is 18.5 Å². The molecule has 2 amide bonds. The number of nitrogens with one attached hydrogen (secondary N) is 2. The highest BCUT2D eigenvalue weighted by atomic mass is 16.6. The Balaban J connectivity index is 2.66. The molecule has 0 spiro atoms. The van der Waals surface area contributed by atoms with Gasteiger partial charge in [-0.3, -0.25) is 4.79 Å². The lowest BCUT2D eigenvalue weighted by Gasteiger charge is -2.17. The fourth-order valence-electron chi connectivity index (χ4n) is 2.08. The topological polar surface area (TPSA) is 114 Å². The summed E-state index contributed by atoms with van der Waals surface area (Å²) in [6, 6.07) is 5.75. The lowest BCUT2D eigenvalue weighted by atomic mass is 10.1. The van der Waals surface area contributed by atoms with E-state index < -0.39 is 18.1 Å². The molecule has 1 atom stereocenters. The summed E-state index contributed by atoms with van der Waals surface area (Å²) < 4.78 is 9.72. The number of ether oxygens (including phenoxy) is 2. The molecule has 0 heterocycles. The molecule has 8 heteroatoms. The molecular formula is C19H24N2O6. The maximum absolute atomic E-state index is 12.2. The molecule has 146 valence electrons. The summed E-state index contributed by atoms with van der Waals surface area (Å²) in [5.41, 5.74) is 1.05. The summed E-state index contributed by atoms with van der Waals surface area (Å²) in [6.45, 7) is 6.62. The van der Waals surface area contributed by atoms with E-state index in [1.165, 1.54) is 12.2 Å². The van der Waals surface area contributed by atoms with E-state index in [4.69, 9.17) is 9.47 Å². The molecular weight excluding hydrogens is 352 g/mol. The number of amides is 2. The van der Waals surface area contributed by atoms with Crippen LogP contribution in [0.4, 0.5) is 10.5 Å². The van der Waals surface area contributed by atoms with Gasteiger partial charge in [0.2, 0.25) is 5.91 Å². The number of carbonyl (C=O) groups excluding carboxylic acids is 3. The Morgan fingerprint density at radius 3 is 2.44 bits per heavy atom. The predicted molar refractivity (Wildman–Crippen MR) is 99.9 cm³/mol. The SMILES string of the molecule is C=CCOC(=O)N[C@@H](CCC(=O)Nc1ccccc1CO)C(=O)OCC=C. The van der Waals surface area contributed by atoms with Crippen LogP contribution in [0.3, 0.4) is 0 Å². The number of esters is 1. The molecule has 1 rings (SSSR count). The number of para-hydroxylation sites is 1. The van der Waals surface area contributed by atoms with Crippen molar-refractivity contribution in [1.82, 2.24) is 5.32 Å². The minimum atomic E-state index is -1.05. The van der Waals surface area contributed by atoms with Gasteiger partial charge in [0, 0.05) is 17.7 Å². The van der Waals surface area contributed by atoms with E-state index in [9.17, 15) is 19.5 Å². The highest BCUT2D eigenvalue weighted by Crippen LogP contribution is 2.15. The summed E-state index contributed by atoms with van der Waals surface area (Å²) in [5, 5.41) is 14.3. The van der Waals surface area contributed by atoms with Gasteiger partial charge in [0.1, 0.15) is 19.3 Å². The minimum absolute atomic E-state index is 0.00624. The monoisotopic (exact) mass is 376 g/mol. The first kappa shape index (κ1) is 21.9. The highest BCUT2D eigenvalue weighted by Gasteiger charge is 2.24. The number of alkyl carbamates (subject to hydrolysis) is 1. The fourth-order valence-corrected chi connectivity index (χ4v) is 2.08. The summed E-state index contributed by atoms with van der Waals surface area (Å²) in [6.07, 6.45) is 1.91. The van der Waals surface area contributed by atoms with E-state index in [-0.39, 0.29) is 38.6 Å². The van der Waals surface area contributed by atoms with Gasteiger partial charge in [-0.1, -0.05) is 43.5 Å². The van der Waals surface area contributed by atoms with Crippen LogP contribution >= 0.6 is 0 Å². The third-order valence-corrected chi connectivity index (χ3v) is 3.37. The first-order valence-electron chi connectivity index (χ1n) is 8.32. The van der Waals surface area contributed by atoms with Crippen LogP contribution in [0.1, 0.15) is 18.4 Å². The number of hydrogen-bond donors (Lipinski definition) is 3. The Kier molecular flexibility index (Phi) is 9.95. The van der Waals surface area contributed by atoms with Gasteiger partial charge in [0.15, 0.2) is 0 Å². The Bertz CT molecular complexity index is 674. The Morgan fingerprint density at radius 2 is 1.78 bits per heavy atom. The molecule has 0 fully saturated rings. The number of carbonyl (C=O) groups is 3. The number of rotatable bonds is 11. The maximum atomic E-state index is 12.2.